The first kappa shape index (κ1) is 13.5. The largest absolute Gasteiger partial charge is 0.351 e. The Bertz CT molecular complexity index is 366. The average Bonchev–Trinajstić information content (AvgIpc) is 2.63. The van der Waals surface area contributed by atoms with Crippen molar-refractivity contribution in [1.29, 1.82) is 0 Å². The fraction of sp³-hybridized carbons (Fsp3) is 0.400. The number of aliphatic imine (C=N–C) groups is 1. The van der Waals surface area contributed by atoms with Gasteiger partial charge in [-0.1, -0.05) is 11.6 Å². The van der Waals surface area contributed by atoms with E-state index in [1.165, 1.54) is 0 Å². The second-order valence-corrected chi connectivity index (χ2v) is 3.88. The molecule has 0 saturated heterocycles. The molecule has 1 aliphatic rings. The van der Waals surface area contributed by atoms with E-state index >= 15 is 0 Å². The van der Waals surface area contributed by atoms with Crippen LogP contribution in [0.1, 0.15) is 5.69 Å². The second-order valence-electron chi connectivity index (χ2n) is 3.45. The van der Waals surface area contributed by atoms with Gasteiger partial charge >= 0.3 is 0 Å². The van der Waals surface area contributed by atoms with E-state index in [0.29, 0.717) is 11.6 Å². The number of guanidine groups is 1. The van der Waals surface area contributed by atoms with Crippen molar-refractivity contribution in [2.45, 2.75) is 6.54 Å². The Hall–Kier alpha value is -0.560. The van der Waals surface area contributed by atoms with Crippen LogP contribution in [0.3, 0.4) is 0 Å². The summed E-state index contributed by atoms with van der Waals surface area (Å²) in [4.78, 5) is 10.6. The molecule has 16 heavy (non-hydrogen) atoms. The molecule has 1 N–H and O–H groups in total. The summed E-state index contributed by atoms with van der Waals surface area (Å²) in [6, 6.07) is 3.75. The standard InChI is InChI=1S/C10H13ClN4.HI/c1-15-5-4-12-10(15)14-7-9-3-2-8(11)6-13-9;/h2-3,6H,4-5,7H2,1H3,(H,12,14);1H. The first-order valence-electron chi connectivity index (χ1n) is 4.85. The molecule has 1 aliphatic heterocycles. The Balaban J connectivity index is 0.00000128. The Morgan fingerprint density at radius 2 is 2.31 bits per heavy atom. The van der Waals surface area contributed by atoms with Crippen molar-refractivity contribution in [3.8, 4) is 0 Å². The Kier molecular flexibility index (Phi) is 5.27. The molecule has 1 aromatic heterocycles. The lowest BCUT2D eigenvalue weighted by Crippen LogP contribution is -2.35. The molecule has 2 heterocycles. The van der Waals surface area contributed by atoms with Gasteiger partial charge in [-0.2, -0.15) is 0 Å². The third-order valence-corrected chi connectivity index (χ3v) is 2.50. The fourth-order valence-electron chi connectivity index (χ4n) is 1.40. The van der Waals surface area contributed by atoms with Gasteiger partial charge in [0.15, 0.2) is 5.96 Å². The first-order chi connectivity index (χ1) is 7.25. The van der Waals surface area contributed by atoms with Crippen LogP contribution in [0.25, 0.3) is 0 Å². The molecule has 0 fully saturated rings. The van der Waals surface area contributed by atoms with Crippen LogP contribution >= 0.6 is 35.6 Å². The maximum absolute atomic E-state index is 5.75. The summed E-state index contributed by atoms with van der Waals surface area (Å²) in [5.41, 5.74) is 0.961. The van der Waals surface area contributed by atoms with Crippen LogP contribution < -0.4 is 5.32 Å². The van der Waals surface area contributed by atoms with E-state index in [0.717, 1.165) is 24.7 Å². The molecule has 0 saturated carbocycles. The highest BCUT2D eigenvalue weighted by atomic mass is 127. The number of pyridine rings is 1. The molecule has 88 valence electrons. The summed E-state index contributed by atoms with van der Waals surface area (Å²) in [7, 11) is 2.02. The van der Waals surface area contributed by atoms with E-state index in [2.05, 4.69) is 20.2 Å². The number of halogens is 2. The summed E-state index contributed by atoms with van der Waals surface area (Å²) in [6.45, 7) is 2.53. The van der Waals surface area contributed by atoms with Gasteiger partial charge in [-0.05, 0) is 12.1 Å². The van der Waals surface area contributed by atoms with Gasteiger partial charge in [0.2, 0.25) is 0 Å². The van der Waals surface area contributed by atoms with Gasteiger partial charge in [-0.25, -0.2) is 0 Å². The van der Waals surface area contributed by atoms with Gasteiger partial charge in [0.25, 0.3) is 0 Å². The average molecular weight is 353 g/mol. The lowest BCUT2D eigenvalue weighted by molar-refractivity contribution is 0.533. The number of aromatic nitrogens is 1. The number of likely N-dealkylation sites (N-methyl/N-ethyl adjacent to an activating group) is 1. The minimum Gasteiger partial charge on any atom is -0.351 e. The van der Waals surface area contributed by atoms with Gasteiger partial charge in [0.1, 0.15) is 0 Å². The maximum atomic E-state index is 5.75. The normalized spacial score (nSPS) is 14.4. The van der Waals surface area contributed by atoms with Crippen LogP contribution in [-0.4, -0.2) is 36.0 Å². The van der Waals surface area contributed by atoms with Crippen molar-refractivity contribution in [3.05, 3.63) is 29.0 Å². The van der Waals surface area contributed by atoms with Crippen molar-refractivity contribution >= 4 is 41.5 Å². The van der Waals surface area contributed by atoms with Crippen molar-refractivity contribution in [3.63, 3.8) is 0 Å². The third-order valence-electron chi connectivity index (χ3n) is 2.27. The van der Waals surface area contributed by atoms with Crippen molar-refractivity contribution in [2.24, 2.45) is 4.99 Å². The zero-order chi connectivity index (χ0) is 10.7. The molecule has 0 unspecified atom stereocenters. The molecular formula is C10H14ClIN4. The molecule has 1 aromatic rings. The van der Waals surface area contributed by atoms with E-state index < -0.39 is 0 Å². The van der Waals surface area contributed by atoms with Crippen LogP contribution in [0.2, 0.25) is 5.02 Å². The van der Waals surface area contributed by atoms with Gasteiger partial charge in [0, 0.05) is 19.8 Å². The summed E-state index contributed by atoms with van der Waals surface area (Å²) in [6.07, 6.45) is 1.65. The summed E-state index contributed by atoms with van der Waals surface area (Å²) < 4.78 is 0. The second kappa shape index (κ2) is 6.24. The molecule has 4 nitrogen and oxygen atoms in total. The van der Waals surface area contributed by atoms with Gasteiger partial charge in [-0.15, -0.1) is 24.0 Å². The Morgan fingerprint density at radius 1 is 1.50 bits per heavy atom. The molecule has 0 spiro atoms. The third kappa shape index (κ3) is 3.48. The molecule has 0 bridgehead atoms. The van der Waals surface area contributed by atoms with Crippen molar-refractivity contribution in [1.82, 2.24) is 15.2 Å². The molecular weight excluding hydrogens is 338 g/mol. The highest BCUT2D eigenvalue weighted by Gasteiger charge is 2.11. The minimum absolute atomic E-state index is 0. The molecule has 6 heteroatoms. The zero-order valence-corrected chi connectivity index (χ0v) is 12.1. The van der Waals surface area contributed by atoms with Gasteiger partial charge in [-0.3, -0.25) is 9.98 Å². The summed E-state index contributed by atoms with van der Waals surface area (Å²) >= 11 is 5.75. The van der Waals surface area contributed by atoms with Crippen molar-refractivity contribution in [2.75, 3.05) is 20.1 Å². The lowest BCUT2D eigenvalue weighted by Gasteiger charge is -2.14. The number of nitrogens with zero attached hydrogens (tertiary/aromatic N) is 3. The van der Waals surface area contributed by atoms with Crippen LogP contribution in [0.5, 0.6) is 0 Å². The number of rotatable bonds is 2. The molecule has 0 amide bonds. The smallest absolute Gasteiger partial charge is 0.194 e. The predicted molar refractivity (Wildman–Crippen MR) is 76.4 cm³/mol. The van der Waals surface area contributed by atoms with E-state index in [4.69, 9.17) is 11.6 Å². The number of hydrogen-bond acceptors (Lipinski definition) is 4. The molecule has 0 atom stereocenters. The predicted octanol–water partition coefficient (Wildman–Crippen LogP) is 1.74. The first-order valence-corrected chi connectivity index (χ1v) is 5.23. The van der Waals surface area contributed by atoms with Crippen LogP contribution in [0.15, 0.2) is 23.3 Å². The molecule has 0 radical (unpaired) electrons. The summed E-state index contributed by atoms with van der Waals surface area (Å²) in [5, 5.41) is 3.90. The zero-order valence-electron chi connectivity index (χ0n) is 8.98. The van der Waals surface area contributed by atoms with Crippen LogP contribution in [0.4, 0.5) is 0 Å². The van der Waals surface area contributed by atoms with Gasteiger partial charge < -0.3 is 10.2 Å². The quantitative estimate of drug-likeness (QED) is 0.825. The van der Waals surface area contributed by atoms with E-state index in [9.17, 15) is 0 Å². The maximum Gasteiger partial charge on any atom is 0.194 e. The van der Waals surface area contributed by atoms with Crippen molar-refractivity contribution < 1.29 is 0 Å². The van der Waals surface area contributed by atoms with Crippen LogP contribution in [-0.2, 0) is 6.54 Å². The SMILES string of the molecule is CN1CCN=C1NCc1ccc(Cl)cn1.I. The van der Waals surface area contributed by atoms with E-state index in [1.54, 1.807) is 6.20 Å². The minimum atomic E-state index is 0. The Labute approximate surface area is 117 Å². The van der Waals surface area contributed by atoms with Crippen LogP contribution in [0, 0.1) is 0 Å². The highest BCUT2D eigenvalue weighted by Crippen LogP contribution is 2.06. The molecule has 0 aromatic carbocycles. The number of hydrogen-bond donors (Lipinski definition) is 1. The Morgan fingerprint density at radius 3 is 2.88 bits per heavy atom. The van der Waals surface area contributed by atoms with Gasteiger partial charge in [0.05, 0.1) is 23.8 Å². The summed E-state index contributed by atoms with van der Waals surface area (Å²) in [5.74, 6) is 0.937. The fourth-order valence-corrected chi connectivity index (χ4v) is 1.52. The topological polar surface area (TPSA) is 40.5 Å². The molecule has 2 rings (SSSR count). The monoisotopic (exact) mass is 352 g/mol. The highest BCUT2D eigenvalue weighted by molar-refractivity contribution is 14.0. The van der Waals surface area contributed by atoms with E-state index in [-0.39, 0.29) is 24.0 Å². The number of nitrogens with one attached hydrogen (secondary N) is 1. The lowest BCUT2D eigenvalue weighted by atomic mass is 10.3. The van der Waals surface area contributed by atoms with E-state index in [1.807, 2.05) is 19.2 Å². The molecule has 0 aliphatic carbocycles.